The lowest BCUT2D eigenvalue weighted by molar-refractivity contribution is -0.119. The van der Waals surface area contributed by atoms with Gasteiger partial charge in [0.05, 0.1) is 10.4 Å². The number of anilines is 2. The second kappa shape index (κ2) is 16.6. The predicted molar refractivity (Wildman–Crippen MR) is 200 cm³/mol. The first-order chi connectivity index (χ1) is 24.4. The van der Waals surface area contributed by atoms with E-state index in [0.29, 0.717) is 43.8 Å². The van der Waals surface area contributed by atoms with Crippen molar-refractivity contribution in [3.8, 4) is 16.9 Å². The van der Waals surface area contributed by atoms with Crippen molar-refractivity contribution in [2.24, 2.45) is 0 Å². The van der Waals surface area contributed by atoms with Crippen LogP contribution < -0.4 is 20.4 Å². The highest BCUT2D eigenvalue weighted by atomic mass is 32.1. The number of benzene rings is 4. The van der Waals surface area contributed by atoms with Gasteiger partial charge >= 0.3 is 11.0 Å². The molecule has 0 aliphatic carbocycles. The number of ether oxygens (including phenoxy) is 1. The summed E-state index contributed by atoms with van der Waals surface area (Å²) in [5.41, 5.74) is 6.19. The first-order valence-electron chi connectivity index (χ1n) is 17.2. The van der Waals surface area contributed by atoms with Gasteiger partial charge in [0, 0.05) is 50.4 Å². The summed E-state index contributed by atoms with van der Waals surface area (Å²) in [5.74, 6) is 0.172. The lowest BCUT2D eigenvalue weighted by Gasteiger charge is -2.32. The number of rotatable bonds is 13. The van der Waals surface area contributed by atoms with Crippen LogP contribution in [-0.4, -0.2) is 65.8 Å². The van der Waals surface area contributed by atoms with Gasteiger partial charge < -0.3 is 29.9 Å². The molecule has 4 aromatic carbocycles. The minimum atomic E-state index is -0.449. The fraction of sp³-hybridized carbons (Fsp3) is 0.308. The zero-order chi connectivity index (χ0) is 34.9. The molecule has 0 atom stereocenters. The van der Waals surface area contributed by atoms with Crippen molar-refractivity contribution in [2.75, 3.05) is 42.9 Å². The van der Waals surface area contributed by atoms with Crippen molar-refractivity contribution < 1.29 is 19.4 Å². The Hall–Kier alpha value is -4.97. The third-order valence-electron chi connectivity index (χ3n) is 9.10. The topological polar surface area (TPSA) is 127 Å². The second-order valence-corrected chi connectivity index (χ2v) is 13.4. The number of fused-ring (bicyclic) bond motifs is 1. The smallest absolute Gasteiger partial charge is 0.411 e. The van der Waals surface area contributed by atoms with E-state index in [-0.39, 0.29) is 22.6 Å². The number of para-hydroxylation sites is 1. The molecule has 0 spiro atoms. The number of H-pyrrole nitrogens is 1. The largest absolute Gasteiger partial charge is 0.506 e. The molecule has 2 amide bonds. The number of carbonyl (C=O) groups excluding carboxylic acids is 2. The summed E-state index contributed by atoms with van der Waals surface area (Å²) in [6.45, 7) is 6.15. The van der Waals surface area contributed by atoms with Crippen molar-refractivity contribution in [2.45, 2.75) is 45.3 Å². The number of piperidine rings is 1. The van der Waals surface area contributed by atoms with Gasteiger partial charge in [0.25, 0.3) is 0 Å². The van der Waals surface area contributed by atoms with E-state index in [1.165, 1.54) is 0 Å². The molecule has 1 saturated heterocycles. The van der Waals surface area contributed by atoms with Gasteiger partial charge in [-0.25, -0.2) is 4.79 Å². The van der Waals surface area contributed by atoms with Gasteiger partial charge in [-0.2, -0.15) is 0 Å². The number of phenolic OH excluding ortho intramolecular Hbond substituents is 1. The van der Waals surface area contributed by atoms with Gasteiger partial charge in [-0.05, 0) is 73.7 Å². The van der Waals surface area contributed by atoms with Crippen LogP contribution in [0, 0.1) is 0 Å². The molecule has 2 heterocycles. The molecule has 0 bridgehead atoms. The van der Waals surface area contributed by atoms with Gasteiger partial charge in [0.2, 0.25) is 5.91 Å². The van der Waals surface area contributed by atoms with E-state index in [4.69, 9.17) is 4.74 Å². The van der Waals surface area contributed by atoms with Crippen LogP contribution in [0.5, 0.6) is 5.75 Å². The number of nitrogens with one attached hydrogen (secondary N) is 3. The van der Waals surface area contributed by atoms with Crippen molar-refractivity contribution in [1.29, 1.82) is 0 Å². The zero-order valence-corrected chi connectivity index (χ0v) is 29.0. The average molecular weight is 694 g/mol. The van der Waals surface area contributed by atoms with Gasteiger partial charge in [-0.1, -0.05) is 78.1 Å². The van der Waals surface area contributed by atoms with Crippen molar-refractivity contribution in [3.05, 3.63) is 112 Å². The number of phenols is 1. The van der Waals surface area contributed by atoms with Crippen LogP contribution in [0.25, 0.3) is 21.3 Å². The molecular weight excluding hydrogens is 651 g/mol. The molecule has 0 saturated carbocycles. The summed E-state index contributed by atoms with van der Waals surface area (Å²) < 4.78 is 6.58. The molecule has 10 nitrogen and oxygen atoms in total. The summed E-state index contributed by atoms with van der Waals surface area (Å²) >= 11 is 1.12. The third kappa shape index (κ3) is 8.78. The predicted octanol–water partition coefficient (Wildman–Crippen LogP) is 6.75. The number of aromatic hydroxyl groups is 1. The van der Waals surface area contributed by atoms with Crippen LogP contribution in [0.2, 0.25) is 0 Å². The maximum Gasteiger partial charge on any atom is 0.411 e. The molecule has 1 aromatic heterocycles. The standard InChI is InChI=1S/C39H43N5O5S/c1-2-44(30-15-12-27(13-16-30)26-40-22-18-29-14-17-34(45)36-37(29)50-39(48)42-36)35(46)21-25-43-23-19-31(20-24-43)49-38(47)41-33-11-7-6-10-32(33)28-8-4-3-5-9-28/h3-17,31,40,45H,2,18-26H2,1H3,(H,41,47)(H,42,48). The van der Waals surface area contributed by atoms with E-state index in [0.717, 1.165) is 76.3 Å². The molecule has 260 valence electrons. The third-order valence-corrected chi connectivity index (χ3v) is 10.1. The molecular formula is C39H43N5O5S. The maximum atomic E-state index is 13.2. The summed E-state index contributed by atoms with van der Waals surface area (Å²) in [4.78, 5) is 44.4. The summed E-state index contributed by atoms with van der Waals surface area (Å²) in [6, 6.07) is 29.2. The Bertz CT molecular complexity index is 1950. The van der Waals surface area contributed by atoms with E-state index < -0.39 is 6.09 Å². The van der Waals surface area contributed by atoms with Gasteiger partial charge in [0.1, 0.15) is 17.4 Å². The van der Waals surface area contributed by atoms with E-state index in [1.807, 2.05) is 96.8 Å². The van der Waals surface area contributed by atoms with Crippen LogP contribution in [0.1, 0.15) is 37.3 Å². The molecule has 4 N–H and O–H groups in total. The lowest BCUT2D eigenvalue weighted by atomic mass is 10.0. The Morgan fingerprint density at radius 3 is 2.48 bits per heavy atom. The van der Waals surface area contributed by atoms with E-state index in [2.05, 4.69) is 20.5 Å². The summed E-state index contributed by atoms with van der Waals surface area (Å²) in [5, 5.41) is 16.4. The quantitative estimate of drug-likeness (QED) is 0.101. The molecule has 0 unspecified atom stereocenters. The molecule has 5 aromatic rings. The Morgan fingerprint density at radius 1 is 0.980 bits per heavy atom. The number of aromatic amines is 1. The monoisotopic (exact) mass is 693 g/mol. The number of nitrogens with zero attached hydrogens (tertiary/aromatic N) is 2. The Kier molecular flexibility index (Phi) is 11.6. The normalized spacial score (nSPS) is 13.7. The highest BCUT2D eigenvalue weighted by Crippen LogP contribution is 2.29. The van der Waals surface area contributed by atoms with E-state index in [9.17, 15) is 19.5 Å². The fourth-order valence-corrected chi connectivity index (χ4v) is 7.31. The minimum Gasteiger partial charge on any atom is -0.506 e. The van der Waals surface area contributed by atoms with Crippen LogP contribution in [0.3, 0.4) is 0 Å². The van der Waals surface area contributed by atoms with E-state index >= 15 is 0 Å². The summed E-state index contributed by atoms with van der Waals surface area (Å²) in [6.07, 6.45) is 1.98. The lowest BCUT2D eigenvalue weighted by Crippen LogP contribution is -2.41. The Balaban J connectivity index is 0.911. The number of aromatic nitrogens is 1. The second-order valence-electron chi connectivity index (χ2n) is 12.4. The van der Waals surface area contributed by atoms with Crippen LogP contribution in [-0.2, 0) is 22.5 Å². The molecule has 1 aliphatic heterocycles. The van der Waals surface area contributed by atoms with Crippen molar-refractivity contribution in [1.82, 2.24) is 15.2 Å². The Labute approximate surface area is 295 Å². The SMILES string of the molecule is CCN(C(=O)CCN1CCC(OC(=O)Nc2ccccc2-c2ccccc2)CC1)c1ccc(CNCCc2ccc(O)c3[nH]c(=O)sc23)cc1. The van der Waals surface area contributed by atoms with Gasteiger partial charge in [-0.15, -0.1) is 0 Å². The number of thiazole rings is 1. The summed E-state index contributed by atoms with van der Waals surface area (Å²) in [7, 11) is 0. The van der Waals surface area contributed by atoms with Crippen molar-refractivity contribution >= 4 is 44.9 Å². The number of amides is 2. The van der Waals surface area contributed by atoms with Crippen molar-refractivity contribution in [3.63, 3.8) is 0 Å². The highest BCUT2D eigenvalue weighted by molar-refractivity contribution is 7.16. The average Bonchev–Trinajstić information content (AvgIpc) is 3.54. The molecule has 6 rings (SSSR count). The Morgan fingerprint density at radius 2 is 1.72 bits per heavy atom. The number of carbonyl (C=O) groups is 2. The molecule has 0 radical (unpaired) electrons. The first-order valence-corrected chi connectivity index (χ1v) is 18.0. The number of hydrogen-bond acceptors (Lipinski definition) is 8. The zero-order valence-electron chi connectivity index (χ0n) is 28.2. The molecule has 50 heavy (non-hydrogen) atoms. The molecule has 1 aliphatic rings. The van der Waals surface area contributed by atoms with Crippen LogP contribution in [0.15, 0.2) is 95.8 Å². The van der Waals surface area contributed by atoms with Crippen LogP contribution >= 0.6 is 11.3 Å². The molecule has 1 fully saturated rings. The number of likely N-dealkylation sites (tertiary alicyclic amines) is 1. The van der Waals surface area contributed by atoms with Crippen LogP contribution in [0.4, 0.5) is 16.2 Å². The van der Waals surface area contributed by atoms with Gasteiger partial charge in [0.15, 0.2) is 0 Å². The molecule has 11 heteroatoms. The fourth-order valence-electron chi connectivity index (χ4n) is 6.41. The first kappa shape index (κ1) is 34.9. The minimum absolute atomic E-state index is 0.0838. The van der Waals surface area contributed by atoms with Gasteiger partial charge in [-0.3, -0.25) is 14.9 Å². The van der Waals surface area contributed by atoms with E-state index in [1.54, 1.807) is 6.07 Å². The highest BCUT2D eigenvalue weighted by Gasteiger charge is 2.24. The maximum absolute atomic E-state index is 13.2. The number of hydrogen-bond donors (Lipinski definition) is 4.